The summed E-state index contributed by atoms with van der Waals surface area (Å²) >= 11 is 0. The number of methoxy groups -OCH3 is 1. The molecule has 2 aromatic carbocycles. The number of rotatable bonds is 6. The number of fused-ring (bicyclic) bond motifs is 1. The van der Waals surface area contributed by atoms with Gasteiger partial charge in [0.05, 0.1) is 12.8 Å². The van der Waals surface area contributed by atoms with Gasteiger partial charge in [0.1, 0.15) is 28.7 Å². The molecule has 0 saturated heterocycles. The minimum atomic E-state index is -0.538. The zero-order valence-electron chi connectivity index (χ0n) is 14.6. The second kappa shape index (κ2) is 7.11. The van der Waals surface area contributed by atoms with Crippen LogP contribution in [0.5, 0.6) is 5.75 Å². The Morgan fingerprint density at radius 3 is 2.73 bits per heavy atom. The number of ketones is 1. The zero-order chi connectivity index (χ0) is 18.8. The lowest BCUT2D eigenvalue weighted by atomic mass is 10.00. The highest BCUT2D eigenvalue weighted by Crippen LogP contribution is 2.32. The summed E-state index contributed by atoms with van der Waals surface area (Å²) in [4.78, 5) is 16.1. The molecular formula is C19H18F2N2O3. The van der Waals surface area contributed by atoms with E-state index in [-0.39, 0.29) is 41.0 Å². The molecule has 3 rings (SSSR count). The number of ether oxygens (including phenoxy) is 1. The molecule has 1 heterocycles. The lowest BCUT2D eigenvalue weighted by Crippen LogP contribution is -2.11. The third-order valence-corrected chi connectivity index (χ3v) is 3.97. The van der Waals surface area contributed by atoms with Crippen molar-refractivity contribution in [2.24, 2.45) is 5.92 Å². The van der Waals surface area contributed by atoms with Gasteiger partial charge in [-0.3, -0.25) is 4.79 Å². The average molecular weight is 360 g/mol. The predicted octanol–water partition coefficient (Wildman–Crippen LogP) is 4.63. The van der Waals surface area contributed by atoms with Crippen molar-refractivity contribution >= 4 is 28.6 Å². The van der Waals surface area contributed by atoms with Crippen molar-refractivity contribution < 1.29 is 22.7 Å². The van der Waals surface area contributed by atoms with Gasteiger partial charge in [0.2, 0.25) is 0 Å². The van der Waals surface area contributed by atoms with Gasteiger partial charge in [-0.2, -0.15) is 4.98 Å². The fourth-order valence-electron chi connectivity index (χ4n) is 2.46. The van der Waals surface area contributed by atoms with Crippen LogP contribution in [0.3, 0.4) is 0 Å². The maximum Gasteiger partial charge on any atom is 0.300 e. The Balaban J connectivity index is 1.91. The summed E-state index contributed by atoms with van der Waals surface area (Å²) in [5.74, 6) is -0.884. The van der Waals surface area contributed by atoms with Gasteiger partial charge < -0.3 is 14.5 Å². The summed E-state index contributed by atoms with van der Waals surface area (Å²) in [7, 11) is 1.44. The van der Waals surface area contributed by atoms with E-state index >= 15 is 0 Å². The summed E-state index contributed by atoms with van der Waals surface area (Å²) < 4.78 is 38.3. The average Bonchev–Trinajstić information content (AvgIpc) is 2.98. The number of benzene rings is 2. The second-order valence-electron chi connectivity index (χ2n) is 6.20. The standard InChI is InChI=1S/C19H18F2N2O3/c1-10(2)16(24)6-11-7-17(25-3)15(9-13(11)21)23-19-22-14-5-4-12(20)8-18(14)26-19/h4-5,7-10H,6H2,1-3H3,(H,22,23). The van der Waals surface area contributed by atoms with Crippen molar-refractivity contribution in [3.8, 4) is 5.75 Å². The molecule has 0 aliphatic carbocycles. The first kappa shape index (κ1) is 17.8. The van der Waals surface area contributed by atoms with Crippen LogP contribution < -0.4 is 10.1 Å². The van der Waals surface area contributed by atoms with Gasteiger partial charge in [-0.25, -0.2) is 8.78 Å². The van der Waals surface area contributed by atoms with Gasteiger partial charge in [0, 0.05) is 24.5 Å². The normalized spacial score (nSPS) is 11.2. The highest BCUT2D eigenvalue weighted by molar-refractivity contribution is 5.83. The maximum atomic E-state index is 14.4. The number of nitrogens with zero attached hydrogens (tertiary/aromatic N) is 1. The number of hydrogen-bond donors (Lipinski definition) is 1. The SMILES string of the molecule is COc1cc(CC(=O)C(C)C)c(F)cc1Nc1nc2ccc(F)cc2o1. The Hall–Kier alpha value is -2.96. The summed E-state index contributed by atoms with van der Waals surface area (Å²) in [5, 5.41) is 2.83. The number of halogens is 2. The fourth-order valence-corrected chi connectivity index (χ4v) is 2.46. The van der Waals surface area contributed by atoms with E-state index in [1.807, 2.05) is 0 Å². The largest absolute Gasteiger partial charge is 0.495 e. The van der Waals surface area contributed by atoms with Crippen LogP contribution in [0.4, 0.5) is 20.5 Å². The van der Waals surface area contributed by atoms with Gasteiger partial charge in [0.15, 0.2) is 5.58 Å². The number of carbonyl (C=O) groups is 1. The van der Waals surface area contributed by atoms with E-state index in [9.17, 15) is 13.6 Å². The van der Waals surface area contributed by atoms with Crippen LogP contribution in [0.25, 0.3) is 11.1 Å². The number of Topliss-reactive ketones (excluding diaryl/α,β-unsaturated/α-hetero) is 1. The fraction of sp³-hybridized carbons (Fsp3) is 0.263. The molecule has 5 nitrogen and oxygen atoms in total. The number of nitrogens with one attached hydrogen (secondary N) is 1. The van der Waals surface area contributed by atoms with Crippen LogP contribution in [0.1, 0.15) is 19.4 Å². The number of hydrogen-bond acceptors (Lipinski definition) is 5. The second-order valence-corrected chi connectivity index (χ2v) is 6.20. The van der Waals surface area contributed by atoms with Gasteiger partial charge in [-0.1, -0.05) is 13.8 Å². The maximum absolute atomic E-state index is 14.4. The van der Waals surface area contributed by atoms with E-state index in [4.69, 9.17) is 9.15 Å². The van der Waals surface area contributed by atoms with Gasteiger partial charge in [0.25, 0.3) is 6.01 Å². The van der Waals surface area contributed by atoms with Crippen LogP contribution in [-0.4, -0.2) is 17.9 Å². The van der Waals surface area contributed by atoms with E-state index in [0.717, 1.165) is 0 Å². The van der Waals surface area contributed by atoms with E-state index < -0.39 is 11.6 Å². The van der Waals surface area contributed by atoms with E-state index in [1.165, 1.54) is 37.4 Å². The van der Waals surface area contributed by atoms with Gasteiger partial charge >= 0.3 is 0 Å². The monoisotopic (exact) mass is 360 g/mol. The minimum Gasteiger partial charge on any atom is -0.495 e. The summed E-state index contributed by atoms with van der Waals surface area (Å²) in [6.07, 6.45) is -0.0116. The van der Waals surface area contributed by atoms with Gasteiger partial charge in [-0.15, -0.1) is 0 Å². The third-order valence-electron chi connectivity index (χ3n) is 3.97. The number of anilines is 2. The number of oxazole rings is 1. The molecule has 0 unspecified atom stereocenters. The van der Waals surface area contributed by atoms with Crippen molar-refractivity contribution in [1.82, 2.24) is 4.98 Å². The lowest BCUT2D eigenvalue weighted by Gasteiger charge is -2.12. The van der Waals surface area contributed by atoms with Crippen LogP contribution in [0.15, 0.2) is 34.7 Å². The molecule has 1 N–H and O–H groups in total. The molecule has 0 radical (unpaired) electrons. The van der Waals surface area contributed by atoms with Gasteiger partial charge in [-0.05, 0) is 23.8 Å². The smallest absolute Gasteiger partial charge is 0.300 e. The molecule has 0 atom stereocenters. The molecule has 0 fully saturated rings. The van der Waals surface area contributed by atoms with E-state index in [0.29, 0.717) is 11.3 Å². The molecule has 0 spiro atoms. The molecule has 0 saturated carbocycles. The molecule has 0 aliphatic heterocycles. The topological polar surface area (TPSA) is 64.4 Å². The van der Waals surface area contributed by atoms with Crippen LogP contribution in [0.2, 0.25) is 0 Å². The molecule has 7 heteroatoms. The molecule has 0 aliphatic rings. The Morgan fingerprint density at radius 2 is 2.04 bits per heavy atom. The Kier molecular flexibility index (Phi) is 4.88. The highest BCUT2D eigenvalue weighted by Gasteiger charge is 2.17. The van der Waals surface area contributed by atoms with Crippen molar-refractivity contribution in [3.05, 3.63) is 47.5 Å². The summed E-state index contributed by atoms with van der Waals surface area (Å²) in [5.41, 5.74) is 1.28. The quantitative estimate of drug-likeness (QED) is 0.695. The van der Waals surface area contributed by atoms with Crippen LogP contribution in [0, 0.1) is 17.6 Å². The zero-order valence-corrected chi connectivity index (χ0v) is 14.6. The first-order valence-corrected chi connectivity index (χ1v) is 8.09. The van der Waals surface area contributed by atoms with E-state index in [1.54, 1.807) is 13.8 Å². The molecule has 0 amide bonds. The Morgan fingerprint density at radius 1 is 1.27 bits per heavy atom. The Labute approximate surface area is 149 Å². The van der Waals surface area contributed by atoms with Crippen LogP contribution in [-0.2, 0) is 11.2 Å². The first-order chi connectivity index (χ1) is 12.4. The predicted molar refractivity (Wildman–Crippen MR) is 93.8 cm³/mol. The third kappa shape index (κ3) is 3.66. The first-order valence-electron chi connectivity index (χ1n) is 8.09. The van der Waals surface area contributed by atoms with E-state index in [2.05, 4.69) is 10.3 Å². The molecule has 1 aromatic heterocycles. The summed E-state index contributed by atoms with van der Waals surface area (Å²) in [6, 6.07) is 6.74. The lowest BCUT2D eigenvalue weighted by molar-refractivity contribution is -0.121. The minimum absolute atomic E-state index is 0.0116. The highest BCUT2D eigenvalue weighted by atomic mass is 19.1. The van der Waals surface area contributed by atoms with Crippen molar-refractivity contribution in [2.45, 2.75) is 20.3 Å². The molecular weight excluding hydrogens is 342 g/mol. The summed E-state index contributed by atoms with van der Waals surface area (Å²) in [6.45, 7) is 3.53. The number of carbonyl (C=O) groups excluding carboxylic acids is 1. The van der Waals surface area contributed by atoms with Crippen molar-refractivity contribution in [1.29, 1.82) is 0 Å². The number of aromatic nitrogens is 1. The molecule has 26 heavy (non-hydrogen) atoms. The van der Waals surface area contributed by atoms with Crippen molar-refractivity contribution in [3.63, 3.8) is 0 Å². The van der Waals surface area contributed by atoms with Crippen molar-refractivity contribution in [2.75, 3.05) is 12.4 Å². The Bertz CT molecular complexity index is 967. The molecule has 136 valence electrons. The van der Waals surface area contributed by atoms with Crippen LogP contribution >= 0.6 is 0 Å². The molecule has 0 bridgehead atoms. The molecule has 3 aromatic rings.